The van der Waals surface area contributed by atoms with Crippen molar-refractivity contribution in [3.63, 3.8) is 0 Å². The largest absolute Gasteiger partial charge is 0.309 e. The summed E-state index contributed by atoms with van der Waals surface area (Å²) in [7, 11) is 3.96. The summed E-state index contributed by atoms with van der Waals surface area (Å²) in [4.78, 5) is 12.6. The zero-order valence-electron chi connectivity index (χ0n) is 10.8. The van der Waals surface area contributed by atoms with E-state index in [0.717, 1.165) is 6.54 Å². The van der Waals surface area contributed by atoms with Gasteiger partial charge in [-0.1, -0.05) is 17.7 Å². The van der Waals surface area contributed by atoms with E-state index >= 15 is 0 Å². The molecule has 100 valence electrons. The molecule has 0 fully saturated rings. The monoisotopic (exact) mass is 271 g/mol. The van der Waals surface area contributed by atoms with Crippen LogP contribution in [-0.2, 0) is 6.54 Å². The molecule has 0 spiro atoms. The summed E-state index contributed by atoms with van der Waals surface area (Å²) < 4.78 is 0. The minimum absolute atomic E-state index is 0.0621. The molecule has 0 bridgehead atoms. The Morgan fingerprint density at radius 1 is 1.50 bits per heavy atom. The number of benzene rings is 1. The third kappa shape index (κ3) is 4.25. The Hall–Kier alpha value is -1.17. The topological polar surface area (TPSA) is 58.4 Å². The van der Waals surface area contributed by atoms with Gasteiger partial charge in [0, 0.05) is 25.2 Å². The first kappa shape index (κ1) is 14.9. The summed E-state index contributed by atoms with van der Waals surface area (Å²) in [5, 5.41) is 14.6. The Kier molecular flexibility index (Phi) is 5.53. The van der Waals surface area contributed by atoms with Crippen molar-refractivity contribution in [3.8, 4) is 0 Å². The number of hydrogen-bond acceptors (Lipinski definition) is 4. The summed E-state index contributed by atoms with van der Waals surface area (Å²) in [6, 6.07) is 4.96. The smallest absolute Gasteiger partial charge is 0.275 e. The lowest BCUT2D eigenvalue weighted by Crippen LogP contribution is -2.35. The maximum atomic E-state index is 10.9. The second-order valence-electron chi connectivity index (χ2n) is 4.54. The van der Waals surface area contributed by atoms with Crippen molar-refractivity contribution in [2.24, 2.45) is 0 Å². The van der Waals surface area contributed by atoms with Gasteiger partial charge in [-0.05, 0) is 27.1 Å². The quantitative estimate of drug-likeness (QED) is 0.637. The van der Waals surface area contributed by atoms with Crippen molar-refractivity contribution in [1.82, 2.24) is 10.2 Å². The lowest BCUT2D eigenvalue weighted by Gasteiger charge is -2.18. The van der Waals surface area contributed by atoms with Crippen molar-refractivity contribution in [1.29, 1.82) is 0 Å². The van der Waals surface area contributed by atoms with Crippen LogP contribution in [0.2, 0.25) is 5.02 Å². The number of hydrogen-bond donors (Lipinski definition) is 1. The fraction of sp³-hybridized carbons (Fsp3) is 0.500. The molecular formula is C12H18ClN3O2. The molecule has 1 unspecified atom stereocenters. The predicted molar refractivity (Wildman–Crippen MR) is 73.0 cm³/mol. The summed E-state index contributed by atoms with van der Waals surface area (Å²) >= 11 is 6.01. The van der Waals surface area contributed by atoms with E-state index in [0.29, 0.717) is 17.1 Å². The molecule has 1 rings (SSSR count). The molecule has 0 aliphatic heterocycles. The Labute approximate surface area is 112 Å². The van der Waals surface area contributed by atoms with Crippen molar-refractivity contribution in [2.75, 3.05) is 20.6 Å². The van der Waals surface area contributed by atoms with Gasteiger partial charge in [0.1, 0.15) is 0 Å². The average molecular weight is 272 g/mol. The standard InChI is InChI=1S/C12H18ClN3O2/c1-9(8-15(2)3)14-7-10-11(13)5-4-6-12(10)16(17)18/h4-6,9,14H,7-8H2,1-3H3. The Balaban J connectivity index is 2.75. The Morgan fingerprint density at radius 3 is 2.72 bits per heavy atom. The highest BCUT2D eigenvalue weighted by molar-refractivity contribution is 6.31. The number of likely N-dealkylation sites (N-methyl/N-ethyl adjacent to an activating group) is 1. The van der Waals surface area contributed by atoms with Crippen LogP contribution >= 0.6 is 11.6 Å². The molecule has 18 heavy (non-hydrogen) atoms. The third-order valence-electron chi connectivity index (χ3n) is 2.56. The van der Waals surface area contributed by atoms with Crippen LogP contribution in [-0.4, -0.2) is 36.5 Å². The SMILES string of the molecule is CC(CN(C)C)NCc1c(Cl)cccc1[N+](=O)[O-]. The molecule has 0 saturated carbocycles. The van der Waals surface area contributed by atoms with E-state index in [1.807, 2.05) is 21.0 Å². The van der Waals surface area contributed by atoms with E-state index in [4.69, 9.17) is 11.6 Å². The highest BCUT2D eigenvalue weighted by Gasteiger charge is 2.16. The number of nitrogens with zero attached hydrogens (tertiary/aromatic N) is 2. The minimum Gasteiger partial charge on any atom is -0.309 e. The molecule has 6 heteroatoms. The molecule has 5 nitrogen and oxygen atoms in total. The second-order valence-corrected chi connectivity index (χ2v) is 4.95. The zero-order valence-corrected chi connectivity index (χ0v) is 11.6. The summed E-state index contributed by atoms with van der Waals surface area (Å²) in [5.74, 6) is 0. The lowest BCUT2D eigenvalue weighted by atomic mass is 10.1. The van der Waals surface area contributed by atoms with Gasteiger partial charge < -0.3 is 10.2 Å². The Morgan fingerprint density at radius 2 is 2.17 bits per heavy atom. The highest BCUT2D eigenvalue weighted by atomic mass is 35.5. The number of rotatable bonds is 6. The molecule has 0 heterocycles. The predicted octanol–water partition coefficient (Wildman–Crippen LogP) is 2.29. The summed E-state index contributed by atoms with van der Waals surface area (Å²) in [6.45, 7) is 3.28. The van der Waals surface area contributed by atoms with Crippen LogP contribution < -0.4 is 5.32 Å². The van der Waals surface area contributed by atoms with Gasteiger partial charge in [0.15, 0.2) is 0 Å². The lowest BCUT2D eigenvalue weighted by molar-refractivity contribution is -0.385. The van der Waals surface area contributed by atoms with E-state index in [9.17, 15) is 10.1 Å². The van der Waals surface area contributed by atoms with Gasteiger partial charge >= 0.3 is 0 Å². The average Bonchev–Trinajstić information content (AvgIpc) is 2.25. The number of halogens is 1. The first-order chi connectivity index (χ1) is 8.41. The Bertz CT molecular complexity index is 424. The van der Waals surface area contributed by atoms with Crippen LogP contribution in [0, 0.1) is 10.1 Å². The normalized spacial score (nSPS) is 12.7. The van der Waals surface area contributed by atoms with Gasteiger partial charge in [-0.15, -0.1) is 0 Å². The molecule has 1 N–H and O–H groups in total. The van der Waals surface area contributed by atoms with E-state index in [-0.39, 0.29) is 11.7 Å². The third-order valence-corrected chi connectivity index (χ3v) is 2.91. The van der Waals surface area contributed by atoms with Crippen LogP contribution in [0.4, 0.5) is 5.69 Å². The first-order valence-corrected chi connectivity index (χ1v) is 6.09. The molecule has 0 amide bonds. The highest BCUT2D eigenvalue weighted by Crippen LogP contribution is 2.25. The van der Waals surface area contributed by atoms with E-state index < -0.39 is 4.92 Å². The maximum Gasteiger partial charge on any atom is 0.275 e. The van der Waals surface area contributed by atoms with Crippen molar-refractivity contribution in [3.05, 3.63) is 38.9 Å². The first-order valence-electron chi connectivity index (χ1n) is 5.71. The molecule has 0 saturated heterocycles. The van der Waals surface area contributed by atoms with Gasteiger partial charge in [0.05, 0.1) is 15.5 Å². The fourth-order valence-electron chi connectivity index (χ4n) is 1.78. The van der Waals surface area contributed by atoms with Crippen molar-refractivity contribution >= 4 is 17.3 Å². The van der Waals surface area contributed by atoms with Gasteiger partial charge in [-0.3, -0.25) is 10.1 Å². The van der Waals surface area contributed by atoms with Gasteiger partial charge in [-0.2, -0.15) is 0 Å². The van der Waals surface area contributed by atoms with Crippen LogP contribution in [0.15, 0.2) is 18.2 Å². The molecular weight excluding hydrogens is 254 g/mol. The van der Waals surface area contributed by atoms with Gasteiger partial charge in [0.25, 0.3) is 5.69 Å². The molecule has 0 aliphatic rings. The second kappa shape index (κ2) is 6.68. The van der Waals surface area contributed by atoms with Crippen LogP contribution in [0.1, 0.15) is 12.5 Å². The minimum atomic E-state index is -0.403. The molecule has 0 radical (unpaired) electrons. The van der Waals surface area contributed by atoms with Gasteiger partial charge in [0.2, 0.25) is 0 Å². The van der Waals surface area contributed by atoms with E-state index in [1.54, 1.807) is 12.1 Å². The van der Waals surface area contributed by atoms with Crippen LogP contribution in [0.25, 0.3) is 0 Å². The maximum absolute atomic E-state index is 10.9. The molecule has 1 aromatic carbocycles. The number of nitro groups is 1. The van der Waals surface area contributed by atoms with Crippen molar-refractivity contribution < 1.29 is 4.92 Å². The molecule has 1 aromatic rings. The zero-order chi connectivity index (χ0) is 13.7. The number of nitrogens with one attached hydrogen (secondary N) is 1. The van der Waals surface area contributed by atoms with Crippen molar-refractivity contribution in [2.45, 2.75) is 19.5 Å². The molecule has 1 atom stereocenters. The van der Waals surface area contributed by atoms with Crippen LogP contribution in [0.3, 0.4) is 0 Å². The summed E-state index contributed by atoms with van der Waals surface area (Å²) in [6.07, 6.45) is 0. The summed E-state index contributed by atoms with van der Waals surface area (Å²) in [5.41, 5.74) is 0.599. The van der Waals surface area contributed by atoms with Crippen LogP contribution in [0.5, 0.6) is 0 Å². The van der Waals surface area contributed by atoms with Gasteiger partial charge in [-0.25, -0.2) is 0 Å². The molecule has 0 aliphatic carbocycles. The molecule has 0 aromatic heterocycles. The number of nitro benzene ring substituents is 1. The van der Waals surface area contributed by atoms with E-state index in [1.165, 1.54) is 6.07 Å². The fourth-order valence-corrected chi connectivity index (χ4v) is 2.02. The van der Waals surface area contributed by atoms with E-state index in [2.05, 4.69) is 10.2 Å².